The molecule has 8 aromatic carbocycles. The molecule has 3 heterocycles. The third kappa shape index (κ3) is 7.43. The Morgan fingerprint density at radius 1 is 0.353 bits per heavy atom. The molecule has 334 valence electrons. The third-order valence-corrected chi connectivity index (χ3v) is 13.3. The van der Waals surface area contributed by atoms with Crippen LogP contribution >= 0.6 is 0 Å². The molecule has 0 saturated carbocycles. The molecule has 0 unspecified atom stereocenters. The second-order valence-corrected chi connectivity index (χ2v) is 19.8. The van der Waals surface area contributed by atoms with E-state index in [1.54, 1.807) is 6.07 Å². The van der Waals surface area contributed by atoms with E-state index in [2.05, 4.69) is 113 Å². The summed E-state index contributed by atoms with van der Waals surface area (Å²) in [6.07, 6.45) is -4.59. The van der Waals surface area contributed by atoms with Gasteiger partial charge >= 0.3 is 6.18 Å². The van der Waals surface area contributed by atoms with Crippen molar-refractivity contribution >= 4 is 43.6 Å². The summed E-state index contributed by atoms with van der Waals surface area (Å²) in [4.78, 5) is 10.5. The van der Waals surface area contributed by atoms with Crippen LogP contribution in [0.1, 0.15) is 58.2 Å². The number of hydrogen-bond donors (Lipinski definition) is 0. The standard InChI is InChI=1S/C61H49F3N4/c1-59(2,3)41-27-31-54-48(34-41)44-21-13-15-23-52(44)67(54)56-33-40(58-65-50(38-17-9-7-10-18-38)37-51(66-58)39-19-11-8-12-20-39)25-29-46(56)47-30-26-43(61(62,63)64)36-57(47)68-53-24-16-14-22-45(53)49-35-42(60(4,5)6)28-32-55(49)68/h7-37H,1-6H3. The van der Waals surface area contributed by atoms with Gasteiger partial charge in [0.15, 0.2) is 5.82 Å². The first kappa shape index (κ1) is 42.8. The zero-order valence-corrected chi connectivity index (χ0v) is 38.8. The van der Waals surface area contributed by atoms with Crippen LogP contribution in [0, 0.1) is 0 Å². The molecule has 0 N–H and O–H groups in total. The normalized spacial score (nSPS) is 12.5. The quantitative estimate of drug-likeness (QED) is 0.167. The summed E-state index contributed by atoms with van der Waals surface area (Å²) in [5.74, 6) is 0.526. The first-order valence-electron chi connectivity index (χ1n) is 23.1. The maximum absolute atomic E-state index is 15.0. The molecule has 3 aromatic heterocycles. The van der Waals surface area contributed by atoms with Gasteiger partial charge in [0.05, 0.1) is 50.4 Å². The van der Waals surface area contributed by atoms with Crippen molar-refractivity contribution in [1.29, 1.82) is 0 Å². The number of rotatable bonds is 6. The van der Waals surface area contributed by atoms with Gasteiger partial charge in [0.1, 0.15) is 0 Å². The van der Waals surface area contributed by atoms with Gasteiger partial charge in [-0.3, -0.25) is 0 Å². The first-order chi connectivity index (χ1) is 32.6. The molecule has 0 amide bonds. The van der Waals surface area contributed by atoms with Gasteiger partial charge < -0.3 is 9.13 Å². The Morgan fingerprint density at radius 2 is 0.765 bits per heavy atom. The lowest BCUT2D eigenvalue weighted by molar-refractivity contribution is -0.137. The molecule has 0 saturated heterocycles. The highest BCUT2D eigenvalue weighted by Crippen LogP contribution is 2.45. The SMILES string of the molecule is CC(C)(C)c1ccc2c(c1)c1ccccc1n2-c1cc(-c2nc(-c3ccccc3)cc(-c3ccccc3)n2)ccc1-c1ccc(C(F)(F)F)cc1-n1c2ccccc2c2cc(C(C)(C)C)ccc21. The summed E-state index contributed by atoms with van der Waals surface area (Å²) in [5.41, 5.74) is 11.8. The molecule has 11 aromatic rings. The summed E-state index contributed by atoms with van der Waals surface area (Å²) in [5, 5.41) is 4.11. The van der Waals surface area contributed by atoms with Crippen LogP contribution in [-0.4, -0.2) is 19.1 Å². The zero-order valence-electron chi connectivity index (χ0n) is 38.8. The fourth-order valence-electron chi connectivity index (χ4n) is 9.69. The number of para-hydroxylation sites is 2. The van der Waals surface area contributed by atoms with Gasteiger partial charge in [0.25, 0.3) is 0 Å². The number of benzene rings is 8. The van der Waals surface area contributed by atoms with E-state index in [9.17, 15) is 0 Å². The minimum absolute atomic E-state index is 0.106. The maximum atomic E-state index is 15.0. The molecule has 11 rings (SSSR count). The molecule has 68 heavy (non-hydrogen) atoms. The molecule has 0 radical (unpaired) electrons. The highest BCUT2D eigenvalue weighted by Gasteiger charge is 2.33. The highest BCUT2D eigenvalue weighted by atomic mass is 19.4. The Hall–Kier alpha value is -7.77. The number of alkyl halides is 3. The van der Waals surface area contributed by atoms with E-state index < -0.39 is 11.7 Å². The fourth-order valence-corrected chi connectivity index (χ4v) is 9.69. The molecular weight excluding hydrogens is 846 g/mol. The van der Waals surface area contributed by atoms with Crippen molar-refractivity contribution in [2.75, 3.05) is 0 Å². The maximum Gasteiger partial charge on any atom is 0.416 e. The largest absolute Gasteiger partial charge is 0.416 e. The van der Waals surface area contributed by atoms with Crippen LogP contribution in [0.25, 0.3) is 100 Å². The van der Waals surface area contributed by atoms with Crippen molar-refractivity contribution in [3.8, 4) is 56.4 Å². The van der Waals surface area contributed by atoms with Crippen LogP contribution in [0.5, 0.6) is 0 Å². The topological polar surface area (TPSA) is 35.6 Å². The lowest BCUT2D eigenvalue weighted by Gasteiger charge is -2.22. The van der Waals surface area contributed by atoms with Crippen LogP contribution in [-0.2, 0) is 17.0 Å². The van der Waals surface area contributed by atoms with Crippen molar-refractivity contribution in [2.24, 2.45) is 0 Å². The zero-order chi connectivity index (χ0) is 47.1. The van der Waals surface area contributed by atoms with Gasteiger partial charge in [-0.15, -0.1) is 0 Å². The van der Waals surface area contributed by atoms with Gasteiger partial charge in [0, 0.05) is 49.4 Å². The molecule has 0 atom stereocenters. The number of aromatic nitrogens is 4. The van der Waals surface area contributed by atoms with E-state index in [1.807, 2.05) is 108 Å². The van der Waals surface area contributed by atoms with Gasteiger partial charge in [-0.1, -0.05) is 169 Å². The van der Waals surface area contributed by atoms with Crippen LogP contribution in [0.4, 0.5) is 13.2 Å². The second-order valence-electron chi connectivity index (χ2n) is 19.8. The van der Waals surface area contributed by atoms with Gasteiger partial charge in [-0.05, 0) is 82.6 Å². The van der Waals surface area contributed by atoms with Crippen molar-refractivity contribution < 1.29 is 13.2 Å². The predicted octanol–water partition coefficient (Wildman–Crippen LogP) is 17.0. The van der Waals surface area contributed by atoms with Crippen LogP contribution in [0.15, 0.2) is 188 Å². The Kier molecular flexibility index (Phi) is 10.0. The van der Waals surface area contributed by atoms with Crippen LogP contribution in [0.3, 0.4) is 0 Å². The molecule has 0 aliphatic heterocycles. The van der Waals surface area contributed by atoms with Crippen molar-refractivity contribution in [3.05, 3.63) is 205 Å². The van der Waals surface area contributed by atoms with Gasteiger partial charge in [-0.25, -0.2) is 9.97 Å². The third-order valence-electron chi connectivity index (χ3n) is 13.3. The average Bonchev–Trinajstić information content (AvgIpc) is 3.85. The molecular formula is C61H49F3N4. The lowest BCUT2D eigenvalue weighted by Crippen LogP contribution is -2.11. The van der Waals surface area contributed by atoms with E-state index in [-0.39, 0.29) is 10.8 Å². The van der Waals surface area contributed by atoms with Crippen molar-refractivity contribution in [3.63, 3.8) is 0 Å². The smallest absolute Gasteiger partial charge is 0.309 e. The Bertz CT molecular complexity index is 3680. The number of nitrogens with zero attached hydrogens (tertiary/aromatic N) is 4. The summed E-state index contributed by atoms with van der Waals surface area (Å²) in [6, 6.07) is 61.9. The number of halogens is 3. The average molecular weight is 895 g/mol. The minimum Gasteiger partial charge on any atom is -0.309 e. The van der Waals surface area contributed by atoms with E-state index >= 15 is 13.2 Å². The number of hydrogen-bond acceptors (Lipinski definition) is 2. The molecule has 0 aliphatic carbocycles. The fraction of sp³-hybridized carbons (Fsp3) is 0.148. The summed E-state index contributed by atoms with van der Waals surface area (Å²) >= 11 is 0. The van der Waals surface area contributed by atoms with E-state index in [1.165, 1.54) is 17.7 Å². The monoisotopic (exact) mass is 894 g/mol. The summed E-state index contributed by atoms with van der Waals surface area (Å²) in [7, 11) is 0. The van der Waals surface area contributed by atoms with Crippen molar-refractivity contribution in [2.45, 2.75) is 58.5 Å². The lowest BCUT2D eigenvalue weighted by atomic mass is 9.86. The van der Waals surface area contributed by atoms with Gasteiger partial charge in [0.2, 0.25) is 0 Å². The Labute approximate surface area is 394 Å². The van der Waals surface area contributed by atoms with Crippen LogP contribution in [0.2, 0.25) is 0 Å². The second kappa shape index (κ2) is 15.9. The van der Waals surface area contributed by atoms with E-state index in [4.69, 9.17) is 9.97 Å². The molecule has 4 nitrogen and oxygen atoms in total. The molecule has 0 aliphatic rings. The molecule has 7 heteroatoms. The van der Waals surface area contributed by atoms with Crippen molar-refractivity contribution in [1.82, 2.24) is 19.1 Å². The minimum atomic E-state index is -4.59. The molecule has 0 fully saturated rings. The Balaban J connectivity index is 1.25. The summed E-state index contributed by atoms with van der Waals surface area (Å²) in [6.45, 7) is 13.2. The predicted molar refractivity (Wildman–Crippen MR) is 275 cm³/mol. The van der Waals surface area contributed by atoms with E-state index in [0.717, 1.165) is 88.5 Å². The van der Waals surface area contributed by atoms with E-state index in [0.29, 0.717) is 17.1 Å². The molecule has 0 bridgehead atoms. The van der Waals surface area contributed by atoms with Gasteiger partial charge in [-0.2, -0.15) is 13.2 Å². The highest BCUT2D eigenvalue weighted by molar-refractivity contribution is 6.12. The summed E-state index contributed by atoms with van der Waals surface area (Å²) < 4.78 is 49.4. The number of fused-ring (bicyclic) bond motifs is 6. The molecule has 0 spiro atoms. The Morgan fingerprint density at radius 3 is 1.24 bits per heavy atom. The first-order valence-corrected chi connectivity index (χ1v) is 23.1. The van der Waals surface area contributed by atoms with Crippen LogP contribution < -0.4 is 0 Å².